The van der Waals surface area contributed by atoms with Gasteiger partial charge in [-0.2, -0.15) is 0 Å². The molecule has 0 aliphatic heterocycles. The van der Waals surface area contributed by atoms with Crippen molar-refractivity contribution in [3.05, 3.63) is 30.5 Å². The highest BCUT2D eigenvalue weighted by atomic mass is 16.5. The number of nitrogens with two attached hydrogens (primary N) is 1. The molecule has 3 nitrogen and oxygen atoms in total. The predicted molar refractivity (Wildman–Crippen MR) is 52.7 cm³/mol. The molecule has 3 heteroatoms. The van der Waals surface area contributed by atoms with Gasteiger partial charge in [0.05, 0.1) is 7.11 Å². The summed E-state index contributed by atoms with van der Waals surface area (Å²) in [6.07, 6.45) is 1.77. The standard InChI is InChI=1S/C10H10N2O/c1-13-10-5-8-4-9(11)3-2-7(8)6-12-10/h2-6H,11H2,1H3. The first kappa shape index (κ1) is 7.86. The summed E-state index contributed by atoms with van der Waals surface area (Å²) in [5.41, 5.74) is 6.40. The lowest BCUT2D eigenvalue weighted by molar-refractivity contribution is 0.399. The van der Waals surface area contributed by atoms with Crippen LogP contribution in [0.15, 0.2) is 30.5 Å². The van der Waals surface area contributed by atoms with E-state index in [1.165, 1.54) is 0 Å². The number of ether oxygens (including phenoxy) is 1. The van der Waals surface area contributed by atoms with Gasteiger partial charge in [0, 0.05) is 23.3 Å². The zero-order valence-corrected chi connectivity index (χ0v) is 7.32. The number of aromatic nitrogens is 1. The smallest absolute Gasteiger partial charge is 0.213 e. The van der Waals surface area contributed by atoms with E-state index in [1.54, 1.807) is 13.3 Å². The predicted octanol–water partition coefficient (Wildman–Crippen LogP) is 1.83. The van der Waals surface area contributed by atoms with E-state index >= 15 is 0 Å². The van der Waals surface area contributed by atoms with Crippen LogP contribution >= 0.6 is 0 Å². The van der Waals surface area contributed by atoms with Crippen LogP contribution in [0.2, 0.25) is 0 Å². The molecule has 0 bridgehead atoms. The van der Waals surface area contributed by atoms with Gasteiger partial charge in [-0.3, -0.25) is 0 Å². The summed E-state index contributed by atoms with van der Waals surface area (Å²) in [5, 5.41) is 2.11. The van der Waals surface area contributed by atoms with Crippen molar-refractivity contribution in [1.29, 1.82) is 0 Å². The molecule has 2 rings (SSSR count). The molecule has 0 saturated carbocycles. The van der Waals surface area contributed by atoms with E-state index in [-0.39, 0.29) is 0 Å². The Kier molecular flexibility index (Phi) is 1.77. The second-order valence-electron chi connectivity index (χ2n) is 2.83. The van der Waals surface area contributed by atoms with Crippen LogP contribution in [0.25, 0.3) is 10.8 Å². The lowest BCUT2D eigenvalue weighted by Crippen LogP contribution is -1.88. The largest absolute Gasteiger partial charge is 0.481 e. The summed E-state index contributed by atoms with van der Waals surface area (Å²) in [5.74, 6) is 0.609. The molecule has 0 radical (unpaired) electrons. The van der Waals surface area contributed by atoms with Gasteiger partial charge in [-0.25, -0.2) is 4.98 Å². The van der Waals surface area contributed by atoms with E-state index in [0.717, 1.165) is 16.5 Å². The van der Waals surface area contributed by atoms with E-state index < -0.39 is 0 Å². The Hall–Kier alpha value is -1.77. The minimum Gasteiger partial charge on any atom is -0.481 e. The molecule has 0 fully saturated rings. The van der Waals surface area contributed by atoms with E-state index in [2.05, 4.69) is 4.98 Å². The number of hydrogen-bond acceptors (Lipinski definition) is 3. The van der Waals surface area contributed by atoms with Crippen LogP contribution in [0.1, 0.15) is 0 Å². The normalized spacial score (nSPS) is 10.2. The lowest BCUT2D eigenvalue weighted by Gasteiger charge is -2.01. The molecule has 0 saturated heterocycles. The van der Waals surface area contributed by atoms with E-state index in [1.807, 2.05) is 24.3 Å². The van der Waals surface area contributed by atoms with Crippen molar-refractivity contribution in [2.75, 3.05) is 12.8 Å². The summed E-state index contributed by atoms with van der Waals surface area (Å²) in [6, 6.07) is 7.57. The number of nitrogen functional groups attached to an aromatic ring is 1. The first-order valence-corrected chi connectivity index (χ1v) is 3.99. The maximum absolute atomic E-state index is 5.65. The van der Waals surface area contributed by atoms with Crippen molar-refractivity contribution in [2.24, 2.45) is 0 Å². The quantitative estimate of drug-likeness (QED) is 0.671. The second kappa shape index (κ2) is 2.94. The van der Waals surface area contributed by atoms with Crippen LogP contribution in [0.4, 0.5) is 5.69 Å². The van der Waals surface area contributed by atoms with Gasteiger partial charge in [0.25, 0.3) is 0 Å². The number of pyridine rings is 1. The molecule has 1 aromatic heterocycles. The van der Waals surface area contributed by atoms with Gasteiger partial charge in [0.15, 0.2) is 0 Å². The van der Waals surface area contributed by atoms with Crippen molar-refractivity contribution < 1.29 is 4.74 Å². The number of fused-ring (bicyclic) bond motifs is 1. The second-order valence-corrected chi connectivity index (χ2v) is 2.83. The number of anilines is 1. The summed E-state index contributed by atoms with van der Waals surface area (Å²) >= 11 is 0. The number of hydrogen-bond donors (Lipinski definition) is 1. The fourth-order valence-corrected chi connectivity index (χ4v) is 1.25. The number of methoxy groups -OCH3 is 1. The number of rotatable bonds is 1. The van der Waals surface area contributed by atoms with Crippen LogP contribution in [-0.2, 0) is 0 Å². The summed E-state index contributed by atoms with van der Waals surface area (Å²) in [7, 11) is 1.60. The molecule has 1 heterocycles. The van der Waals surface area contributed by atoms with Gasteiger partial charge in [-0.15, -0.1) is 0 Å². The Morgan fingerprint density at radius 2 is 2.08 bits per heavy atom. The first-order valence-electron chi connectivity index (χ1n) is 3.99. The van der Waals surface area contributed by atoms with Gasteiger partial charge in [-0.1, -0.05) is 6.07 Å². The highest BCUT2D eigenvalue weighted by Gasteiger charge is 1.97. The van der Waals surface area contributed by atoms with Crippen LogP contribution in [0.5, 0.6) is 5.88 Å². The average molecular weight is 174 g/mol. The van der Waals surface area contributed by atoms with Crippen molar-refractivity contribution in [3.63, 3.8) is 0 Å². The van der Waals surface area contributed by atoms with Crippen LogP contribution in [0, 0.1) is 0 Å². The highest BCUT2D eigenvalue weighted by molar-refractivity contribution is 5.85. The average Bonchev–Trinajstić information content (AvgIpc) is 2.16. The van der Waals surface area contributed by atoms with Gasteiger partial charge in [-0.05, 0) is 17.5 Å². The van der Waals surface area contributed by atoms with E-state index in [9.17, 15) is 0 Å². The van der Waals surface area contributed by atoms with Crippen LogP contribution in [-0.4, -0.2) is 12.1 Å². The molecular formula is C10H10N2O. The van der Waals surface area contributed by atoms with Gasteiger partial charge in [0.1, 0.15) is 0 Å². The Labute approximate surface area is 76.2 Å². The maximum atomic E-state index is 5.65. The molecule has 0 amide bonds. The molecule has 1 aromatic carbocycles. The Balaban J connectivity index is 2.68. The van der Waals surface area contributed by atoms with Gasteiger partial charge < -0.3 is 10.5 Å². The molecule has 2 aromatic rings. The highest BCUT2D eigenvalue weighted by Crippen LogP contribution is 2.19. The first-order chi connectivity index (χ1) is 6.29. The molecule has 0 atom stereocenters. The fourth-order valence-electron chi connectivity index (χ4n) is 1.25. The Morgan fingerprint density at radius 1 is 1.23 bits per heavy atom. The molecule has 13 heavy (non-hydrogen) atoms. The Bertz CT molecular complexity index is 440. The van der Waals surface area contributed by atoms with Crippen molar-refractivity contribution in [3.8, 4) is 5.88 Å². The minimum atomic E-state index is 0.609. The van der Waals surface area contributed by atoms with Crippen LogP contribution in [0.3, 0.4) is 0 Å². The van der Waals surface area contributed by atoms with Crippen molar-refractivity contribution >= 4 is 16.5 Å². The third-order valence-corrected chi connectivity index (χ3v) is 1.93. The molecule has 0 spiro atoms. The summed E-state index contributed by atoms with van der Waals surface area (Å²) < 4.78 is 5.01. The molecular weight excluding hydrogens is 164 g/mol. The summed E-state index contributed by atoms with van der Waals surface area (Å²) in [4.78, 5) is 4.09. The number of benzene rings is 1. The summed E-state index contributed by atoms with van der Waals surface area (Å²) in [6.45, 7) is 0. The van der Waals surface area contributed by atoms with Gasteiger partial charge >= 0.3 is 0 Å². The molecule has 0 aliphatic carbocycles. The van der Waals surface area contributed by atoms with Crippen molar-refractivity contribution in [1.82, 2.24) is 4.98 Å². The molecule has 0 aliphatic rings. The third kappa shape index (κ3) is 1.40. The lowest BCUT2D eigenvalue weighted by atomic mass is 10.1. The van der Waals surface area contributed by atoms with E-state index in [0.29, 0.717) is 5.88 Å². The molecule has 66 valence electrons. The SMILES string of the molecule is COc1cc2cc(N)ccc2cn1. The third-order valence-electron chi connectivity index (χ3n) is 1.93. The zero-order chi connectivity index (χ0) is 9.26. The van der Waals surface area contributed by atoms with Crippen molar-refractivity contribution in [2.45, 2.75) is 0 Å². The number of nitrogens with zero attached hydrogens (tertiary/aromatic N) is 1. The van der Waals surface area contributed by atoms with E-state index in [4.69, 9.17) is 10.5 Å². The fraction of sp³-hybridized carbons (Fsp3) is 0.100. The monoisotopic (exact) mass is 174 g/mol. The zero-order valence-electron chi connectivity index (χ0n) is 7.32. The van der Waals surface area contributed by atoms with Gasteiger partial charge in [0.2, 0.25) is 5.88 Å². The molecule has 2 N–H and O–H groups in total. The Morgan fingerprint density at radius 3 is 2.85 bits per heavy atom. The topological polar surface area (TPSA) is 48.1 Å². The maximum Gasteiger partial charge on any atom is 0.213 e. The minimum absolute atomic E-state index is 0.609. The molecule has 0 unspecified atom stereocenters. The van der Waals surface area contributed by atoms with Crippen LogP contribution < -0.4 is 10.5 Å².